The highest BCUT2D eigenvalue weighted by molar-refractivity contribution is 5.93. The number of hydrogen-bond acceptors (Lipinski definition) is 8. The minimum atomic E-state index is -1.26. The zero-order valence-electron chi connectivity index (χ0n) is 12.8. The van der Waals surface area contributed by atoms with E-state index >= 15 is 0 Å². The quantitative estimate of drug-likeness (QED) is 0.417. The lowest BCUT2D eigenvalue weighted by Crippen LogP contribution is -2.28. The van der Waals surface area contributed by atoms with Crippen LogP contribution in [0.5, 0.6) is 0 Å². The van der Waals surface area contributed by atoms with Crippen molar-refractivity contribution < 1.29 is 39.2 Å². The minimum absolute atomic E-state index is 0.659. The molecule has 0 rings (SSSR count). The van der Waals surface area contributed by atoms with Crippen molar-refractivity contribution in [3.8, 4) is 0 Å². The second-order valence-electron chi connectivity index (χ2n) is 6.05. The summed E-state index contributed by atoms with van der Waals surface area (Å²) in [6.07, 6.45) is 0. The summed E-state index contributed by atoms with van der Waals surface area (Å²) in [5.74, 6) is -3.24. The first-order valence-corrected chi connectivity index (χ1v) is 6.05. The molecule has 118 valence electrons. The van der Waals surface area contributed by atoms with Crippen LogP contribution in [0.15, 0.2) is 0 Å². The van der Waals surface area contributed by atoms with Crippen molar-refractivity contribution in [2.75, 3.05) is 0 Å². The molecule has 0 atom stereocenters. The third-order valence-electron chi connectivity index (χ3n) is 1.51. The predicted molar refractivity (Wildman–Crippen MR) is 65.2 cm³/mol. The van der Waals surface area contributed by atoms with Gasteiger partial charge in [0.15, 0.2) is 5.92 Å². The van der Waals surface area contributed by atoms with Crippen LogP contribution >= 0.6 is 0 Å². The first-order valence-electron chi connectivity index (χ1n) is 6.05. The Morgan fingerprint density at radius 3 is 1.30 bits per heavy atom. The molecule has 0 N–H and O–H groups in total. The number of carbonyl (C=O) groups is 2. The number of rotatable bonds is 6. The first-order chi connectivity index (χ1) is 8.92. The molecule has 20 heavy (non-hydrogen) atoms. The Hall–Kier alpha value is -1.22. The molecule has 0 bridgehead atoms. The van der Waals surface area contributed by atoms with E-state index in [9.17, 15) is 9.59 Å². The summed E-state index contributed by atoms with van der Waals surface area (Å²) in [6, 6.07) is 0. The Balaban J connectivity index is 4.01. The second kappa shape index (κ2) is 7.53. The Morgan fingerprint density at radius 2 is 1.05 bits per heavy atom. The highest BCUT2D eigenvalue weighted by atomic mass is 17.5. The first kappa shape index (κ1) is 18.8. The average molecular weight is 294 g/mol. The maximum absolute atomic E-state index is 11.4. The topological polar surface area (TPSA) is 89.5 Å². The van der Waals surface area contributed by atoms with Crippen molar-refractivity contribution in [3.63, 3.8) is 0 Å². The SMILES string of the molecule is CC(C(=O)OOOC(C)(C)C)C(=O)OOOC(C)(C)C. The van der Waals surface area contributed by atoms with Gasteiger partial charge in [0, 0.05) is 0 Å². The van der Waals surface area contributed by atoms with Crippen LogP contribution in [-0.2, 0) is 39.2 Å². The molecular formula is C12H22O8. The van der Waals surface area contributed by atoms with Crippen LogP contribution in [0.1, 0.15) is 48.5 Å². The van der Waals surface area contributed by atoms with E-state index in [1.54, 1.807) is 41.5 Å². The maximum atomic E-state index is 11.4. The Morgan fingerprint density at radius 1 is 0.750 bits per heavy atom. The number of carbonyl (C=O) groups excluding carboxylic acids is 2. The summed E-state index contributed by atoms with van der Waals surface area (Å²) >= 11 is 0. The minimum Gasteiger partial charge on any atom is -0.268 e. The molecule has 0 aromatic heterocycles. The van der Waals surface area contributed by atoms with E-state index in [2.05, 4.69) is 19.9 Å². The van der Waals surface area contributed by atoms with Gasteiger partial charge in [-0.2, -0.15) is 9.78 Å². The average Bonchev–Trinajstić information content (AvgIpc) is 2.24. The molecule has 0 aromatic rings. The van der Waals surface area contributed by atoms with E-state index in [0.29, 0.717) is 0 Å². The van der Waals surface area contributed by atoms with Gasteiger partial charge in [-0.3, -0.25) is 9.78 Å². The molecule has 8 nitrogen and oxygen atoms in total. The number of hydrogen-bond donors (Lipinski definition) is 0. The molecule has 0 aliphatic rings. The van der Waals surface area contributed by atoms with E-state index < -0.39 is 29.1 Å². The van der Waals surface area contributed by atoms with E-state index in [-0.39, 0.29) is 0 Å². The van der Waals surface area contributed by atoms with Gasteiger partial charge in [-0.25, -0.2) is 9.59 Å². The summed E-state index contributed by atoms with van der Waals surface area (Å²) in [4.78, 5) is 40.8. The lowest BCUT2D eigenvalue weighted by Gasteiger charge is -2.17. The van der Waals surface area contributed by atoms with Crippen LogP contribution in [0.2, 0.25) is 0 Å². The van der Waals surface area contributed by atoms with Gasteiger partial charge in [-0.05, 0) is 58.5 Å². The van der Waals surface area contributed by atoms with Crippen LogP contribution in [-0.4, -0.2) is 23.1 Å². The normalized spacial score (nSPS) is 12.4. The molecule has 8 heteroatoms. The fraction of sp³-hybridized carbons (Fsp3) is 0.833. The third-order valence-corrected chi connectivity index (χ3v) is 1.51. The smallest absolute Gasteiger partial charge is 0.268 e. The van der Waals surface area contributed by atoms with Crippen molar-refractivity contribution in [1.82, 2.24) is 0 Å². The summed E-state index contributed by atoms with van der Waals surface area (Å²) in [5.41, 5.74) is -1.32. The van der Waals surface area contributed by atoms with E-state index in [1.807, 2.05) is 0 Å². The summed E-state index contributed by atoms with van der Waals surface area (Å²) in [6.45, 7) is 11.4. The lowest BCUT2D eigenvalue weighted by molar-refractivity contribution is -0.519. The summed E-state index contributed by atoms with van der Waals surface area (Å²) in [7, 11) is 0. The van der Waals surface area contributed by atoms with Gasteiger partial charge in [-0.15, -0.1) is 0 Å². The van der Waals surface area contributed by atoms with Gasteiger partial charge in [0.2, 0.25) is 0 Å². The van der Waals surface area contributed by atoms with Gasteiger partial charge >= 0.3 is 11.9 Å². The standard InChI is InChI=1S/C12H22O8/c1-8(9(13)15-19-17-11(2,3)4)10(14)16-20-18-12(5,6)7/h8H,1-7H3. The van der Waals surface area contributed by atoms with Crippen LogP contribution in [0.4, 0.5) is 0 Å². The zero-order valence-corrected chi connectivity index (χ0v) is 12.8. The van der Waals surface area contributed by atoms with Crippen LogP contribution in [0.25, 0.3) is 0 Å². The molecule has 0 radical (unpaired) electrons. The third kappa shape index (κ3) is 9.68. The van der Waals surface area contributed by atoms with Gasteiger partial charge in [0.25, 0.3) is 0 Å². The monoisotopic (exact) mass is 294 g/mol. The highest BCUT2D eigenvalue weighted by Gasteiger charge is 2.28. The maximum Gasteiger partial charge on any atom is 0.359 e. The van der Waals surface area contributed by atoms with Crippen LogP contribution in [0, 0.1) is 5.92 Å². The second-order valence-corrected chi connectivity index (χ2v) is 6.05. The Kier molecular flexibility index (Phi) is 7.07. The molecule has 0 aliphatic carbocycles. The molecule has 0 unspecified atom stereocenters. The molecule has 0 heterocycles. The Bertz CT molecular complexity index is 293. The largest absolute Gasteiger partial charge is 0.359 e. The van der Waals surface area contributed by atoms with Crippen molar-refractivity contribution in [2.24, 2.45) is 5.92 Å². The predicted octanol–water partition coefficient (Wildman–Crippen LogP) is 2.03. The van der Waals surface area contributed by atoms with Crippen LogP contribution < -0.4 is 0 Å². The molecule has 0 amide bonds. The zero-order chi connectivity index (χ0) is 16.0. The van der Waals surface area contributed by atoms with Crippen molar-refractivity contribution >= 4 is 11.9 Å². The Labute approximate surface area is 117 Å². The molecule has 0 aromatic carbocycles. The van der Waals surface area contributed by atoms with Crippen LogP contribution in [0.3, 0.4) is 0 Å². The van der Waals surface area contributed by atoms with Gasteiger partial charge < -0.3 is 0 Å². The molecule has 0 fully saturated rings. The van der Waals surface area contributed by atoms with Gasteiger partial charge in [0.1, 0.15) is 0 Å². The fourth-order valence-corrected chi connectivity index (χ4v) is 0.546. The van der Waals surface area contributed by atoms with Gasteiger partial charge in [-0.1, -0.05) is 0 Å². The van der Waals surface area contributed by atoms with E-state index in [1.165, 1.54) is 6.92 Å². The molecule has 0 aliphatic heterocycles. The van der Waals surface area contributed by atoms with Crippen molar-refractivity contribution in [3.05, 3.63) is 0 Å². The van der Waals surface area contributed by atoms with Crippen molar-refractivity contribution in [1.29, 1.82) is 0 Å². The molecule has 0 spiro atoms. The lowest BCUT2D eigenvalue weighted by atomic mass is 10.2. The fourth-order valence-electron chi connectivity index (χ4n) is 0.546. The molecular weight excluding hydrogens is 272 g/mol. The summed E-state index contributed by atoms with van der Waals surface area (Å²) < 4.78 is 0. The highest BCUT2D eigenvalue weighted by Crippen LogP contribution is 2.11. The van der Waals surface area contributed by atoms with Crippen molar-refractivity contribution in [2.45, 2.75) is 59.7 Å². The van der Waals surface area contributed by atoms with E-state index in [0.717, 1.165) is 0 Å². The molecule has 0 saturated heterocycles. The summed E-state index contributed by atoms with van der Waals surface area (Å²) in [5, 5.41) is 8.52. The van der Waals surface area contributed by atoms with Gasteiger partial charge in [0.05, 0.1) is 11.2 Å². The molecule has 0 saturated carbocycles. The van der Waals surface area contributed by atoms with E-state index in [4.69, 9.17) is 9.78 Å².